The maximum Gasteiger partial charge on any atom is 0.269 e. The molecule has 1 aromatic heterocycles. The van der Waals surface area contributed by atoms with Gasteiger partial charge in [-0.05, 0) is 37.5 Å². The molecule has 0 saturated carbocycles. The van der Waals surface area contributed by atoms with Crippen LogP contribution in [-0.4, -0.2) is 30.0 Å². The molecule has 0 atom stereocenters. The van der Waals surface area contributed by atoms with Gasteiger partial charge in [-0.2, -0.15) is 0 Å². The Bertz CT molecular complexity index is 728. The van der Waals surface area contributed by atoms with Crippen LogP contribution in [0, 0.1) is 10.1 Å². The molecule has 0 radical (unpaired) electrons. The van der Waals surface area contributed by atoms with Crippen molar-refractivity contribution in [1.82, 2.24) is 4.98 Å². The van der Waals surface area contributed by atoms with E-state index in [1.54, 1.807) is 12.1 Å². The van der Waals surface area contributed by atoms with Gasteiger partial charge >= 0.3 is 0 Å². The van der Waals surface area contributed by atoms with E-state index in [1.165, 1.54) is 31.4 Å². The van der Waals surface area contributed by atoms with E-state index in [4.69, 9.17) is 4.74 Å². The standard InChI is InChI=1S/C18H22N4O3/c1-19-18-12-16(21-9-3-2-4-10-21)11-14(20-18)13-25-17-7-5-15(6-8-17)22(23)24/h5-8,11-12H,2-4,9-10,13H2,1H3,(H,19,20). The van der Waals surface area contributed by atoms with E-state index in [0.29, 0.717) is 12.4 Å². The second-order valence-electron chi connectivity index (χ2n) is 6.04. The van der Waals surface area contributed by atoms with E-state index in [0.717, 1.165) is 30.3 Å². The van der Waals surface area contributed by atoms with Crippen molar-refractivity contribution < 1.29 is 9.66 Å². The molecule has 0 unspecified atom stereocenters. The molecule has 0 bridgehead atoms. The number of piperidine rings is 1. The van der Waals surface area contributed by atoms with Gasteiger partial charge in [-0.25, -0.2) is 4.98 Å². The van der Waals surface area contributed by atoms with Crippen LogP contribution in [0.2, 0.25) is 0 Å². The summed E-state index contributed by atoms with van der Waals surface area (Å²) in [6.07, 6.45) is 3.72. The van der Waals surface area contributed by atoms with Crippen LogP contribution in [0.15, 0.2) is 36.4 Å². The van der Waals surface area contributed by atoms with Crippen molar-refractivity contribution in [2.24, 2.45) is 0 Å². The van der Waals surface area contributed by atoms with Gasteiger partial charge in [0.2, 0.25) is 0 Å². The van der Waals surface area contributed by atoms with Gasteiger partial charge in [0.15, 0.2) is 0 Å². The summed E-state index contributed by atoms with van der Waals surface area (Å²) in [5.74, 6) is 1.40. The van der Waals surface area contributed by atoms with Crippen LogP contribution in [0.5, 0.6) is 5.75 Å². The molecule has 2 aromatic rings. The average Bonchev–Trinajstić information content (AvgIpc) is 2.67. The highest BCUT2D eigenvalue weighted by Gasteiger charge is 2.13. The van der Waals surface area contributed by atoms with Gasteiger partial charge in [0.05, 0.1) is 10.6 Å². The number of benzene rings is 1. The first-order valence-corrected chi connectivity index (χ1v) is 8.46. The number of non-ortho nitro benzene ring substituents is 1. The zero-order chi connectivity index (χ0) is 17.6. The van der Waals surface area contributed by atoms with Crippen LogP contribution in [0.4, 0.5) is 17.2 Å². The number of ether oxygens (including phenoxy) is 1. The van der Waals surface area contributed by atoms with Crippen molar-refractivity contribution in [2.75, 3.05) is 30.4 Å². The predicted octanol–water partition coefficient (Wildman–Crippen LogP) is 3.60. The third-order valence-electron chi connectivity index (χ3n) is 4.27. The molecular formula is C18H22N4O3. The van der Waals surface area contributed by atoms with Crippen molar-refractivity contribution in [3.05, 3.63) is 52.2 Å². The fourth-order valence-electron chi connectivity index (χ4n) is 2.93. The van der Waals surface area contributed by atoms with E-state index < -0.39 is 4.92 Å². The highest BCUT2D eigenvalue weighted by Crippen LogP contribution is 2.24. The zero-order valence-corrected chi connectivity index (χ0v) is 14.3. The molecule has 1 aliphatic rings. The molecule has 1 N–H and O–H groups in total. The largest absolute Gasteiger partial charge is 0.487 e. The lowest BCUT2D eigenvalue weighted by Gasteiger charge is -2.29. The van der Waals surface area contributed by atoms with Crippen molar-refractivity contribution in [3.8, 4) is 5.75 Å². The summed E-state index contributed by atoms with van der Waals surface area (Å²) in [6, 6.07) is 10.2. The van der Waals surface area contributed by atoms with Gasteiger partial charge in [0, 0.05) is 44.0 Å². The average molecular weight is 342 g/mol. The van der Waals surface area contributed by atoms with E-state index in [-0.39, 0.29) is 5.69 Å². The summed E-state index contributed by atoms with van der Waals surface area (Å²) < 4.78 is 5.74. The monoisotopic (exact) mass is 342 g/mol. The van der Waals surface area contributed by atoms with Crippen molar-refractivity contribution in [2.45, 2.75) is 25.9 Å². The smallest absolute Gasteiger partial charge is 0.269 e. The van der Waals surface area contributed by atoms with E-state index in [9.17, 15) is 10.1 Å². The molecule has 1 fully saturated rings. The Kier molecular flexibility index (Phi) is 5.33. The van der Waals surface area contributed by atoms with Crippen molar-refractivity contribution >= 4 is 17.2 Å². The number of aromatic nitrogens is 1. The Labute approximate surface area is 146 Å². The molecule has 7 nitrogen and oxygen atoms in total. The minimum absolute atomic E-state index is 0.0510. The number of nitrogens with one attached hydrogen (secondary N) is 1. The first kappa shape index (κ1) is 17.0. The molecule has 1 aromatic carbocycles. The summed E-state index contributed by atoms with van der Waals surface area (Å²) in [5.41, 5.74) is 2.03. The first-order chi connectivity index (χ1) is 12.2. The van der Waals surface area contributed by atoms with Crippen LogP contribution < -0.4 is 15.0 Å². The SMILES string of the molecule is CNc1cc(N2CCCCC2)cc(COc2ccc([N+](=O)[O-])cc2)n1. The van der Waals surface area contributed by atoms with Gasteiger partial charge in [-0.15, -0.1) is 0 Å². The number of hydrogen-bond acceptors (Lipinski definition) is 6. The number of nitro groups is 1. The van der Waals surface area contributed by atoms with Crippen LogP contribution in [-0.2, 0) is 6.61 Å². The maximum atomic E-state index is 10.7. The molecule has 1 aliphatic heterocycles. The Morgan fingerprint density at radius 1 is 1.20 bits per heavy atom. The Morgan fingerprint density at radius 3 is 2.56 bits per heavy atom. The topological polar surface area (TPSA) is 80.5 Å². The van der Waals surface area contributed by atoms with Gasteiger partial charge in [0.1, 0.15) is 18.2 Å². The van der Waals surface area contributed by atoms with Gasteiger partial charge < -0.3 is 15.0 Å². The lowest BCUT2D eigenvalue weighted by Crippen LogP contribution is -2.29. The van der Waals surface area contributed by atoms with Crippen LogP contribution in [0.1, 0.15) is 25.0 Å². The molecule has 2 heterocycles. The molecule has 25 heavy (non-hydrogen) atoms. The van der Waals surface area contributed by atoms with Gasteiger partial charge in [-0.3, -0.25) is 10.1 Å². The summed E-state index contributed by atoms with van der Waals surface area (Å²) in [6.45, 7) is 2.44. The summed E-state index contributed by atoms with van der Waals surface area (Å²) in [7, 11) is 1.85. The normalized spacial score (nSPS) is 14.2. The maximum absolute atomic E-state index is 10.7. The van der Waals surface area contributed by atoms with Crippen LogP contribution in [0.25, 0.3) is 0 Å². The number of anilines is 2. The number of nitrogens with zero attached hydrogens (tertiary/aromatic N) is 3. The second-order valence-corrected chi connectivity index (χ2v) is 6.04. The third-order valence-corrected chi connectivity index (χ3v) is 4.27. The third kappa shape index (κ3) is 4.37. The minimum atomic E-state index is -0.424. The Hall–Kier alpha value is -2.83. The molecule has 7 heteroatoms. The molecule has 0 amide bonds. The molecule has 1 saturated heterocycles. The molecule has 3 rings (SSSR count). The Morgan fingerprint density at radius 2 is 1.92 bits per heavy atom. The quantitative estimate of drug-likeness (QED) is 0.638. The van der Waals surface area contributed by atoms with E-state index in [1.807, 2.05) is 7.05 Å². The van der Waals surface area contributed by atoms with Crippen molar-refractivity contribution in [1.29, 1.82) is 0 Å². The number of rotatable bonds is 6. The van der Waals surface area contributed by atoms with Crippen LogP contribution >= 0.6 is 0 Å². The zero-order valence-electron chi connectivity index (χ0n) is 14.3. The van der Waals surface area contributed by atoms with E-state index in [2.05, 4.69) is 27.3 Å². The highest BCUT2D eigenvalue weighted by atomic mass is 16.6. The molecule has 132 valence electrons. The van der Waals surface area contributed by atoms with E-state index >= 15 is 0 Å². The van der Waals surface area contributed by atoms with Gasteiger partial charge in [-0.1, -0.05) is 0 Å². The summed E-state index contributed by atoms with van der Waals surface area (Å²) in [5, 5.41) is 13.8. The minimum Gasteiger partial charge on any atom is -0.487 e. The molecular weight excluding hydrogens is 320 g/mol. The first-order valence-electron chi connectivity index (χ1n) is 8.46. The number of pyridine rings is 1. The lowest BCUT2D eigenvalue weighted by molar-refractivity contribution is -0.384. The molecule has 0 spiro atoms. The summed E-state index contributed by atoms with van der Waals surface area (Å²) >= 11 is 0. The fraction of sp³-hybridized carbons (Fsp3) is 0.389. The van der Waals surface area contributed by atoms with Crippen molar-refractivity contribution in [3.63, 3.8) is 0 Å². The van der Waals surface area contributed by atoms with Gasteiger partial charge in [0.25, 0.3) is 5.69 Å². The highest BCUT2D eigenvalue weighted by molar-refractivity contribution is 5.55. The van der Waals surface area contributed by atoms with Crippen LogP contribution in [0.3, 0.4) is 0 Å². The Balaban J connectivity index is 1.71. The summed E-state index contributed by atoms with van der Waals surface area (Å²) in [4.78, 5) is 17.2. The number of nitro benzene ring substituents is 1. The fourth-order valence-corrected chi connectivity index (χ4v) is 2.93. The predicted molar refractivity (Wildman–Crippen MR) is 97.3 cm³/mol. The number of hydrogen-bond donors (Lipinski definition) is 1. The second kappa shape index (κ2) is 7.83. The molecule has 0 aliphatic carbocycles. The lowest BCUT2D eigenvalue weighted by atomic mass is 10.1.